The van der Waals surface area contributed by atoms with Gasteiger partial charge < -0.3 is 20.1 Å². The Bertz CT molecular complexity index is 550. The summed E-state index contributed by atoms with van der Waals surface area (Å²) in [7, 11) is 1.58. The molecule has 0 spiro atoms. The normalized spacial score (nSPS) is 18.2. The molecule has 6 nitrogen and oxygen atoms in total. The molecule has 2 amide bonds. The molecule has 1 aromatic carbocycles. The Morgan fingerprint density at radius 1 is 1.48 bits per heavy atom. The number of aryl methyl sites for hydroxylation is 1. The van der Waals surface area contributed by atoms with Crippen LogP contribution in [-0.2, 0) is 4.79 Å². The molecular formula is C14H18N2O4S. The summed E-state index contributed by atoms with van der Waals surface area (Å²) in [4.78, 5) is 24.9. The number of rotatable bonds is 3. The monoisotopic (exact) mass is 310 g/mol. The highest BCUT2D eigenvalue weighted by molar-refractivity contribution is 7.99. The minimum absolute atomic E-state index is 0.379. The van der Waals surface area contributed by atoms with E-state index in [-0.39, 0.29) is 6.03 Å². The number of ether oxygens (including phenoxy) is 1. The lowest BCUT2D eigenvalue weighted by Crippen LogP contribution is -2.51. The fourth-order valence-electron chi connectivity index (χ4n) is 2.14. The van der Waals surface area contributed by atoms with Gasteiger partial charge in [-0.2, -0.15) is 11.8 Å². The van der Waals surface area contributed by atoms with E-state index in [1.54, 1.807) is 31.0 Å². The van der Waals surface area contributed by atoms with Crippen molar-refractivity contribution in [3.8, 4) is 5.75 Å². The number of hydrogen-bond acceptors (Lipinski definition) is 4. The van der Waals surface area contributed by atoms with Gasteiger partial charge in [0.05, 0.1) is 7.11 Å². The first-order valence-corrected chi connectivity index (χ1v) is 7.71. The molecule has 0 aromatic heterocycles. The van der Waals surface area contributed by atoms with Crippen molar-refractivity contribution < 1.29 is 19.4 Å². The van der Waals surface area contributed by atoms with Gasteiger partial charge in [-0.3, -0.25) is 0 Å². The molecule has 1 aromatic rings. The lowest BCUT2D eigenvalue weighted by atomic mass is 10.2. The van der Waals surface area contributed by atoms with E-state index in [4.69, 9.17) is 4.74 Å². The van der Waals surface area contributed by atoms with Crippen LogP contribution in [0, 0.1) is 6.92 Å². The second kappa shape index (κ2) is 6.71. The Balaban J connectivity index is 2.11. The van der Waals surface area contributed by atoms with E-state index in [0.29, 0.717) is 23.7 Å². The predicted molar refractivity (Wildman–Crippen MR) is 82.2 cm³/mol. The minimum atomic E-state index is -0.969. The molecule has 114 valence electrons. The van der Waals surface area contributed by atoms with Gasteiger partial charge in [-0.25, -0.2) is 9.59 Å². The van der Waals surface area contributed by atoms with Crippen LogP contribution in [0.3, 0.4) is 0 Å². The topological polar surface area (TPSA) is 78.9 Å². The van der Waals surface area contributed by atoms with Crippen LogP contribution in [0.1, 0.15) is 5.56 Å². The molecule has 1 fully saturated rings. The number of anilines is 1. The lowest BCUT2D eigenvalue weighted by Gasteiger charge is -2.32. The molecule has 1 unspecified atom stereocenters. The van der Waals surface area contributed by atoms with Gasteiger partial charge >= 0.3 is 12.0 Å². The summed E-state index contributed by atoms with van der Waals surface area (Å²) < 4.78 is 5.12. The Kier molecular flexibility index (Phi) is 4.95. The first-order chi connectivity index (χ1) is 10.0. The average molecular weight is 310 g/mol. The molecule has 0 radical (unpaired) electrons. The van der Waals surface area contributed by atoms with Gasteiger partial charge in [-0.05, 0) is 30.7 Å². The smallest absolute Gasteiger partial charge is 0.327 e. The Labute approximate surface area is 127 Å². The fourth-order valence-corrected chi connectivity index (χ4v) is 3.18. The number of methoxy groups -OCH3 is 1. The van der Waals surface area contributed by atoms with Crippen molar-refractivity contribution in [2.75, 3.05) is 30.5 Å². The molecular weight excluding hydrogens is 292 g/mol. The van der Waals surface area contributed by atoms with E-state index < -0.39 is 12.0 Å². The van der Waals surface area contributed by atoms with E-state index in [1.807, 2.05) is 13.0 Å². The van der Waals surface area contributed by atoms with E-state index >= 15 is 0 Å². The first kappa shape index (κ1) is 15.5. The largest absolute Gasteiger partial charge is 0.497 e. The number of nitrogens with zero attached hydrogens (tertiary/aromatic N) is 1. The number of thioether (sulfide) groups is 1. The SMILES string of the molecule is COc1ccc(NC(=O)N2CCSCC2C(=O)O)c(C)c1. The van der Waals surface area contributed by atoms with Crippen molar-refractivity contribution in [3.63, 3.8) is 0 Å². The summed E-state index contributed by atoms with van der Waals surface area (Å²) in [5.74, 6) is 0.912. The van der Waals surface area contributed by atoms with Crippen molar-refractivity contribution in [2.45, 2.75) is 13.0 Å². The number of nitrogens with one attached hydrogen (secondary N) is 1. The number of carbonyl (C=O) groups excluding carboxylic acids is 1. The van der Waals surface area contributed by atoms with Crippen LogP contribution in [0.4, 0.5) is 10.5 Å². The van der Waals surface area contributed by atoms with Crippen molar-refractivity contribution in [1.82, 2.24) is 4.90 Å². The number of amides is 2. The van der Waals surface area contributed by atoms with E-state index in [0.717, 1.165) is 11.3 Å². The zero-order valence-corrected chi connectivity index (χ0v) is 12.8. The summed E-state index contributed by atoms with van der Waals surface area (Å²) in [5, 5.41) is 12.0. The van der Waals surface area contributed by atoms with Gasteiger partial charge in [0.25, 0.3) is 0 Å². The van der Waals surface area contributed by atoms with Crippen LogP contribution in [0.5, 0.6) is 5.75 Å². The Morgan fingerprint density at radius 3 is 2.86 bits per heavy atom. The second-order valence-electron chi connectivity index (χ2n) is 4.73. The molecule has 21 heavy (non-hydrogen) atoms. The maximum Gasteiger partial charge on any atom is 0.327 e. The van der Waals surface area contributed by atoms with E-state index in [2.05, 4.69) is 5.32 Å². The van der Waals surface area contributed by atoms with Crippen LogP contribution in [0.2, 0.25) is 0 Å². The summed E-state index contributed by atoms with van der Waals surface area (Å²) in [6.45, 7) is 2.29. The van der Waals surface area contributed by atoms with Crippen LogP contribution in [-0.4, -0.2) is 53.2 Å². The highest BCUT2D eigenvalue weighted by Gasteiger charge is 2.32. The van der Waals surface area contributed by atoms with Gasteiger partial charge in [-0.15, -0.1) is 0 Å². The number of carboxylic acids is 1. The highest BCUT2D eigenvalue weighted by atomic mass is 32.2. The fraction of sp³-hybridized carbons (Fsp3) is 0.429. The third-order valence-electron chi connectivity index (χ3n) is 3.35. The summed E-state index contributed by atoms with van der Waals surface area (Å²) in [6, 6.07) is 4.17. The second-order valence-corrected chi connectivity index (χ2v) is 5.88. The van der Waals surface area contributed by atoms with Gasteiger partial charge in [0, 0.05) is 23.7 Å². The maximum atomic E-state index is 12.3. The summed E-state index contributed by atoms with van der Waals surface area (Å²) in [5.41, 5.74) is 1.52. The zero-order valence-electron chi connectivity index (χ0n) is 12.0. The molecule has 0 saturated carbocycles. The molecule has 1 saturated heterocycles. The molecule has 0 aliphatic carbocycles. The summed E-state index contributed by atoms with van der Waals surface area (Å²) >= 11 is 1.55. The number of aliphatic carboxylic acids is 1. The molecule has 1 heterocycles. The van der Waals surface area contributed by atoms with Gasteiger partial charge in [0.15, 0.2) is 0 Å². The molecule has 2 rings (SSSR count). The summed E-state index contributed by atoms with van der Waals surface area (Å²) in [6.07, 6.45) is 0. The number of benzene rings is 1. The van der Waals surface area contributed by atoms with Gasteiger partial charge in [0.1, 0.15) is 11.8 Å². The predicted octanol–water partition coefficient (Wildman–Crippen LogP) is 2.04. The molecule has 1 aliphatic rings. The van der Waals surface area contributed by atoms with Crippen molar-refractivity contribution >= 4 is 29.4 Å². The first-order valence-electron chi connectivity index (χ1n) is 6.55. The van der Waals surface area contributed by atoms with Crippen molar-refractivity contribution in [1.29, 1.82) is 0 Å². The van der Waals surface area contributed by atoms with Crippen LogP contribution in [0.25, 0.3) is 0 Å². The van der Waals surface area contributed by atoms with Crippen LogP contribution < -0.4 is 10.1 Å². The molecule has 0 bridgehead atoms. The Morgan fingerprint density at radius 2 is 2.24 bits per heavy atom. The number of urea groups is 1. The van der Waals surface area contributed by atoms with Crippen LogP contribution >= 0.6 is 11.8 Å². The van der Waals surface area contributed by atoms with Crippen LogP contribution in [0.15, 0.2) is 18.2 Å². The van der Waals surface area contributed by atoms with E-state index in [1.165, 1.54) is 4.90 Å². The number of hydrogen-bond donors (Lipinski definition) is 2. The third kappa shape index (κ3) is 3.60. The zero-order chi connectivity index (χ0) is 15.4. The molecule has 1 aliphatic heterocycles. The minimum Gasteiger partial charge on any atom is -0.497 e. The van der Waals surface area contributed by atoms with Crippen molar-refractivity contribution in [3.05, 3.63) is 23.8 Å². The molecule has 7 heteroatoms. The Hall–Kier alpha value is -1.89. The molecule has 1 atom stereocenters. The third-order valence-corrected chi connectivity index (χ3v) is 4.37. The lowest BCUT2D eigenvalue weighted by molar-refractivity contribution is -0.141. The average Bonchev–Trinajstić information content (AvgIpc) is 2.49. The standard InChI is InChI=1S/C14H18N2O4S/c1-9-7-10(20-2)3-4-11(9)15-14(19)16-5-6-21-8-12(16)13(17)18/h3-4,7,12H,5-6,8H2,1-2H3,(H,15,19)(H,17,18). The number of carbonyl (C=O) groups is 2. The van der Waals surface area contributed by atoms with Gasteiger partial charge in [0.2, 0.25) is 0 Å². The van der Waals surface area contributed by atoms with Gasteiger partial charge in [-0.1, -0.05) is 0 Å². The number of carboxylic acid groups (broad SMARTS) is 1. The highest BCUT2D eigenvalue weighted by Crippen LogP contribution is 2.23. The van der Waals surface area contributed by atoms with E-state index in [9.17, 15) is 14.7 Å². The maximum absolute atomic E-state index is 12.3. The quantitative estimate of drug-likeness (QED) is 0.893. The van der Waals surface area contributed by atoms with Crippen molar-refractivity contribution in [2.24, 2.45) is 0 Å². The molecule has 2 N–H and O–H groups in total.